The highest BCUT2D eigenvalue weighted by molar-refractivity contribution is 7.89. The van der Waals surface area contributed by atoms with Crippen molar-refractivity contribution in [2.45, 2.75) is 50.0 Å². The van der Waals surface area contributed by atoms with E-state index >= 15 is 0 Å². The van der Waals surface area contributed by atoms with Crippen LogP contribution in [0, 0.1) is 5.92 Å². The number of halogens is 3. The van der Waals surface area contributed by atoms with Crippen molar-refractivity contribution in [3.05, 3.63) is 54.4 Å². The molecule has 2 aliphatic rings. The van der Waals surface area contributed by atoms with Gasteiger partial charge in [-0.3, -0.25) is 24.4 Å². The number of amides is 4. The summed E-state index contributed by atoms with van der Waals surface area (Å²) in [5, 5.41) is 2.84. The number of imide groups is 1. The normalized spacial score (nSPS) is 20.6. The molecule has 2 atom stereocenters. The summed E-state index contributed by atoms with van der Waals surface area (Å²) in [7, 11) is -4.16. The summed E-state index contributed by atoms with van der Waals surface area (Å²) < 4.78 is 72.5. The quantitative estimate of drug-likeness (QED) is 0.434. The molecule has 2 aliphatic heterocycles. The molecule has 2 fully saturated rings. The maximum absolute atomic E-state index is 13.4. The van der Waals surface area contributed by atoms with Crippen LogP contribution in [0.2, 0.25) is 0 Å². The fraction of sp³-hybridized carbons (Fsp3) is 0.407. The van der Waals surface area contributed by atoms with Crippen LogP contribution in [0.4, 0.5) is 23.7 Å². The Morgan fingerprint density at radius 2 is 1.88 bits per heavy atom. The molecule has 5 rings (SSSR count). The van der Waals surface area contributed by atoms with Gasteiger partial charge in [0.2, 0.25) is 16.9 Å². The number of anilines is 1. The molecule has 0 saturated carbocycles. The Labute approximate surface area is 239 Å². The molecule has 1 N–H and O–H groups in total. The molecular weight excluding hydrogens is 579 g/mol. The van der Waals surface area contributed by atoms with Crippen LogP contribution in [0.3, 0.4) is 0 Å². The summed E-state index contributed by atoms with van der Waals surface area (Å²) in [6, 6.07) is 4.59. The zero-order chi connectivity index (χ0) is 30.4. The van der Waals surface area contributed by atoms with Crippen molar-refractivity contribution >= 4 is 44.5 Å². The number of sulfonamides is 1. The van der Waals surface area contributed by atoms with E-state index in [4.69, 9.17) is 4.42 Å². The average molecular weight is 608 g/mol. The van der Waals surface area contributed by atoms with Gasteiger partial charge in [-0.15, -0.1) is 0 Å². The van der Waals surface area contributed by atoms with E-state index in [9.17, 15) is 36.0 Å². The van der Waals surface area contributed by atoms with Gasteiger partial charge in [0.1, 0.15) is 11.6 Å². The molecular formula is C27H28F3N5O6S. The topological polar surface area (TPSA) is 133 Å². The number of pyridine rings is 1. The first kappa shape index (κ1) is 29.5. The van der Waals surface area contributed by atoms with Crippen LogP contribution in [0.25, 0.3) is 11.0 Å². The van der Waals surface area contributed by atoms with Gasteiger partial charge < -0.3 is 9.73 Å². The summed E-state index contributed by atoms with van der Waals surface area (Å²) in [4.78, 5) is 45.8. The smallest absolute Gasteiger partial charge is 0.416 e. The minimum atomic E-state index is -4.56. The number of furan rings is 1. The van der Waals surface area contributed by atoms with E-state index < -0.39 is 57.6 Å². The number of carbonyl (C=O) groups excluding carboxylic acids is 3. The summed E-state index contributed by atoms with van der Waals surface area (Å²) >= 11 is 0. The number of hydrogen-bond donors (Lipinski definition) is 1. The third-order valence-electron chi connectivity index (χ3n) is 7.34. The summed E-state index contributed by atoms with van der Waals surface area (Å²) in [5.74, 6) is -2.09. The number of benzene rings is 1. The maximum atomic E-state index is 13.4. The Hall–Kier alpha value is -3.98. The third kappa shape index (κ3) is 5.45. The molecule has 3 aromatic rings. The molecule has 1 aromatic carbocycles. The third-order valence-corrected chi connectivity index (χ3v) is 9.10. The highest BCUT2D eigenvalue weighted by Crippen LogP contribution is 2.33. The van der Waals surface area contributed by atoms with Crippen LogP contribution in [0.5, 0.6) is 0 Å². The van der Waals surface area contributed by atoms with Crippen molar-refractivity contribution in [2.24, 2.45) is 5.92 Å². The van der Waals surface area contributed by atoms with Crippen LogP contribution in [-0.2, 0) is 25.8 Å². The predicted octanol–water partition coefficient (Wildman–Crippen LogP) is 3.61. The first-order chi connectivity index (χ1) is 19.8. The number of nitrogens with zero attached hydrogens (tertiary/aromatic N) is 4. The molecule has 0 aliphatic carbocycles. The lowest BCUT2D eigenvalue weighted by Gasteiger charge is -2.40. The molecule has 224 valence electrons. The number of alkyl halides is 3. The van der Waals surface area contributed by atoms with Gasteiger partial charge in [0.15, 0.2) is 0 Å². The molecule has 0 radical (unpaired) electrons. The molecule has 0 bridgehead atoms. The molecule has 11 nitrogen and oxygen atoms in total. The van der Waals surface area contributed by atoms with Crippen molar-refractivity contribution < 1.29 is 40.4 Å². The minimum Gasteiger partial charge on any atom is -0.443 e. The fourth-order valence-electron chi connectivity index (χ4n) is 5.21. The molecule has 1 unspecified atom stereocenters. The van der Waals surface area contributed by atoms with Crippen molar-refractivity contribution in [1.82, 2.24) is 19.5 Å². The van der Waals surface area contributed by atoms with Gasteiger partial charge in [-0.1, -0.05) is 0 Å². The molecule has 4 heterocycles. The lowest BCUT2D eigenvalue weighted by atomic mass is 10.0. The summed E-state index contributed by atoms with van der Waals surface area (Å²) in [5.41, 5.74) is -0.385. The van der Waals surface area contributed by atoms with E-state index in [1.54, 1.807) is 13.8 Å². The van der Waals surface area contributed by atoms with Crippen LogP contribution in [0.1, 0.15) is 32.3 Å². The number of rotatable bonds is 7. The fourth-order valence-corrected chi connectivity index (χ4v) is 6.81. The second kappa shape index (κ2) is 11.0. The lowest BCUT2D eigenvalue weighted by Crippen LogP contribution is -2.61. The van der Waals surface area contributed by atoms with Gasteiger partial charge in [-0.05, 0) is 57.0 Å². The zero-order valence-electron chi connectivity index (χ0n) is 22.7. The van der Waals surface area contributed by atoms with E-state index in [-0.39, 0.29) is 36.8 Å². The van der Waals surface area contributed by atoms with Crippen LogP contribution >= 0.6 is 0 Å². The van der Waals surface area contributed by atoms with Crippen molar-refractivity contribution in [3.8, 4) is 0 Å². The number of fused-ring (bicyclic) bond motifs is 1. The van der Waals surface area contributed by atoms with Gasteiger partial charge in [0.25, 0.3) is 10.0 Å². The SMILES string of the molecule is CC(C)N1C(=O)C(CNC(=O)[C@@H]2CCCN2S(=O)(=O)c2cc3cnccc3o2)CN(c2ccc(C(F)(F)F)cc2)C1=O. The zero-order valence-corrected chi connectivity index (χ0v) is 23.5. The molecule has 15 heteroatoms. The van der Waals surface area contributed by atoms with Crippen molar-refractivity contribution in [2.75, 3.05) is 24.5 Å². The van der Waals surface area contributed by atoms with Gasteiger partial charge in [-0.25, -0.2) is 13.2 Å². The number of aromatic nitrogens is 1. The Morgan fingerprint density at radius 1 is 1.17 bits per heavy atom. The average Bonchev–Trinajstić information content (AvgIpc) is 3.61. The van der Waals surface area contributed by atoms with E-state index in [1.165, 1.54) is 29.4 Å². The summed E-state index contributed by atoms with van der Waals surface area (Å²) in [6.45, 7) is 2.93. The predicted molar refractivity (Wildman–Crippen MR) is 144 cm³/mol. The van der Waals surface area contributed by atoms with Crippen LogP contribution in [-0.4, -0.2) is 72.2 Å². The molecule has 42 heavy (non-hydrogen) atoms. The highest BCUT2D eigenvalue weighted by atomic mass is 32.2. The number of carbonyl (C=O) groups is 3. The molecule has 4 amide bonds. The van der Waals surface area contributed by atoms with Gasteiger partial charge in [0.05, 0.1) is 11.5 Å². The van der Waals surface area contributed by atoms with Crippen LogP contribution in [0.15, 0.2) is 58.3 Å². The first-order valence-corrected chi connectivity index (χ1v) is 14.7. The number of urea groups is 1. The first-order valence-electron chi connectivity index (χ1n) is 13.2. The second-order valence-corrected chi connectivity index (χ2v) is 12.3. The largest absolute Gasteiger partial charge is 0.443 e. The standard InChI is InChI=1S/C27H28F3N5O6S/c1-16(2)35-25(37)18(15-33(26(35)38)20-7-5-19(6-8-20)27(28,29)30)14-32-24(36)21-4-3-11-34(21)42(39,40)23-12-17-13-31-10-9-22(17)41-23/h5-10,12-13,16,18,21H,3-4,11,14-15H2,1-2H3,(H,32,36)/t18?,21-/m0/s1. The number of nitrogens with one attached hydrogen (secondary N) is 1. The molecule has 0 spiro atoms. The second-order valence-electron chi connectivity index (χ2n) is 10.4. The van der Waals surface area contributed by atoms with Crippen molar-refractivity contribution in [1.29, 1.82) is 0 Å². The Morgan fingerprint density at radius 3 is 2.52 bits per heavy atom. The van der Waals surface area contributed by atoms with E-state index in [0.29, 0.717) is 17.4 Å². The van der Waals surface area contributed by atoms with Gasteiger partial charge in [0, 0.05) is 55.2 Å². The monoisotopic (exact) mass is 607 g/mol. The lowest BCUT2D eigenvalue weighted by molar-refractivity contribution is -0.137. The van der Waals surface area contributed by atoms with Gasteiger partial charge in [-0.2, -0.15) is 17.5 Å². The summed E-state index contributed by atoms with van der Waals surface area (Å²) in [6.07, 6.45) is -0.946. The Bertz CT molecular complexity index is 1590. The molecule has 2 saturated heterocycles. The van der Waals surface area contributed by atoms with E-state index in [0.717, 1.165) is 33.5 Å². The number of hydrogen-bond acceptors (Lipinski definition) is 7. The Kier molecular flexibility index (Phi) is 7.74. The van der Waals surface area contributed by atoms with Crippen molar-refractivity contribution in [3.63, 3.8) is 0 Å². The molecule has 2 aromatic heterocycles. The van der Waals surface area contributed by atoms with Gasteiger partial charge >= 0.3 is 12.2 Å². The van der Waals surface area contributed by atoms with E-state index in [2.05, 4.69) is 10.3 Å². The Balaban J connectivity index is 1.32. The van der Waals surface area contributed by atoms with E-state index in [1.807, 2.05) is 0 Å². The maximum Gasteiger partial charge on any atom is 0.416 e. The highest BCUT2D eigenvalue weighted by Gasteiger charge is 2.44. The minimum absolute atomic E-state index is 0.0927. The van der Waals surface area contributed by atoms with Crippen LogP contribution < -0.4 is 10.2 Å².